The van der Waals surface area contributed by atoms with E-state index in [0.717, 1.165) is 16.7 Å². The molecule has 0 heterocycles. The van der Waals surface area contributed by atoms with Gasteiger partial charge in [0.15, 0.2) is 0 Å². The van der Waals surface area contributed by atoms with Gasteiger partial charge in [-0.15, -0.1) is 0 Å². The smallest absolute Gasteiger partial charge is 0.263 e. The van der Waals surface area contributed by atoms with Crippen LogP contribution in [0, 0.1) is 13.8 Å². The molecule has 3 aromatic carbocycles. The molecule has 0 spiro atoms. The van der Waals surface area contributed by atoms with Gasteiger partial charge in [-0.05, 0) is 61.2 Å². The van der Waals surface area contributed by atoms with E-state index in [0.29, 0.717) is 11.4 Å². The fraction of sp³-hybridized carbons (Fsp3) is 0.208. The molecule has 0 aliphatic heterocycles. The number of nitrogens with one attached hydrogen (secondary N) is 2. The Morgan fingerprint density at radius 1 is 0.935 bits per heavy atom. The number of sulfonamides is 1. The van der Waals surface area contributed by atoms with Crippen molar-refractivity contribution in [3.8, 4) is 0 Å². The molecule has 0 atom stereocenters. The maximum absolute atomic E-state index is 13.0. The third-order valence-electron chi connectivity index (χ3n) is 4.94. The van der Waals surface area contributed by atoms with Gasteiger partial charge in [-0.1, -0.05) is 61.3 Å². The highest BCUT2D eigenvalue weighted by Crippen LogP contribution is 2.28. The van der Waals surface area contributed by atoms with Crippen molar-refractivity contribution in [1.29, 1.82) is 0 Å². The van der Waals surface area contributed by atoms with Crippen molar-refractivity contribution in [3.05, 3.63) is 87.9 Å². The predicted octanol–water partition coefficient (Wildman–Crippen LogP) is 6.13. The third kappa shape index (κ3) is 5.27. The monoisotopic (exact) mass is 456 g/mol. The van der Waals surface area contributed by atoms with Gasteiger partial charge >= 0.3 is 0 Å². The van der Waals surface area contributed by atoms with Crippen LogP contribution in [-0.2, 0) is 10.0 Å². The van der Waals surface area contributed by atoms with Crippen molar-refractivity contribution in [2.75, 3.05) is 10.0 Å². The molecule has 7 heteroatoms. The van der Waals surface area contributed by atoms with Gasteiger partial charge in [0.2, 0.25) is 0 Å². The molecule has 31 heavy (non-hydrogen) atoms. The quantitative estimate of drug-likeness (QED) is 0.468. The summed E-state index contributed by atoms with van der Waals surface area (Å²) < 4.78 is 28.6. The van der Waals surface area contributed by atoms with Crippen LogP contribution in [0.3, 0.4) is 0 Å². The molecule has 3 rings (SSSR count). The Labute approximate surface area is 188 Å². The van der Waals surface area contributed by atoms with E-state index in [-0.39, 0.29) is 21.4 Å². The lowest BCUT2D eigenvalue weighted by atomic mass is 10.0. The van der Waals surface area contributed by atoms with E-state index in [1.165, 1.54) is 18.2 Å². The average molecular weight is 457 g/mol. The minimum atomic E-state index is -3.99. The molecular formula is C24H25ClN2O3S. The first kappa shape index (κ1) is 22.8. The number of amides is 1. The minimum Gasteiger partial charge on any atom is -0.322 e. The topological polar surface area (TPSA) is 75.3 Å². The number of hydrogen-bond donors (Lipinski definition) is 2. The van der Waals surface area contributed by atoms with Gasteiger partial charge in [0.05, 0.1) is 10.7 Å². The van der Waals surface area contributed by atoms with Crippen LogP contribution in [0.5, 0.6) is 0 Å². The van der Waals surface area contributed by atoms with Gasteiger partial charge in [0.1, 0.15) is 4.90 Å². The summed E-state index contributed by atoms with van der Waals surface area (Å²) >= 11 is 6.19. The molecule has 0 aliphatic rings. The van der Waals surface area contributed by atoms with Gasteiger partial charge in [-0.25, -0.2) is 8.42 Å². The van der Waals surface area contributed by atoms with Crippen LogP contribution in [-0.4, -0.2) is 14.3 Å². The van der Waals surface area contributed by atoms with Crippen molar-refractivity contribution < 1.29 is 13.2 Å². The number of aryl methyl sites for hydroxylation is 2. The lowest BCUT2D eigenvalue weighted by molar-refractivity contribution is 0.102. The summed E-state index contributed by atoms with van der Waals surface area (Å²) in [6.07, 6.45) is 0. The number of hydrogen-bond acceptors (Lipinski definition) is 3. The molecule has 0 bridgehead atoms. The summed E-state index contributed by atoms with van der Waals surface area (Å²) in [5.74, 6) is -0.188. The molecule has 162 valence electrons. The minimum absolute atomic E-state index is 0.0383. The first-order valence-electron chi connectivity index (χ1n) is 9.88. The SMILES string of the molecule is Cc1ccc(NS(=O)(=O)c2cc(C(=O)Nc3ccccc3C(C)C)ccc2Cl)c(C)c1. The molecule has 2 N–H and O–H groups in total. The van der Waals surface area contributed by atoms with E-state index < -0.39 is 15.9 Å². The lowest BCUT2D eigenvalue weighted by Crippen LogP contribution is -2.17. The van der Waals surface area contributed by atoms with Crippen LogP contribution in [0.4, 0.5) is 11.4 Å². The van der Waals surface area contributed by atoms with E-state index >= 15 is 0 Å². The van der Waals surface area contributed by atoms with Gasteiger partial charge < -0.3 is 5.32 Å². The van der Waals surface area contributed by atoms with E-state index in [1.54, 1.807) is 6.07 Å². The largest absolute Gasteiger partial charge is 0.322 e. The highest BCUT2D eigenvalue weighted by molar-refractivity contribution is 7.92. The molecule has 3 aromatic rings. The van der Waals surface area contributed by atoms with E-state index in [4.69, 9.17) is 11.6 Å². The summed E-state index contributed by atoms with van der Waals surface area (Å²) in [4.78, 5) is 12.7. The first-order chi connectivity index (χ1) is 14.6. The summed E-state index contributed by atoms with van der Waals surface area (Å²) in [5, 5.41) is 2.91. The van der Waals surface area contributed by atoms with Gasteiger partial charge in [-0.2, -0.15) is 0 Å². The Hall–Kier alpha value is -2.83. The number of carbonyl (C=O) groups is 1. The van der Waals surface area contributed by atoms with Crippen molar-refractivity contribution in [2.45, 2.75) is 38.5 Å². The van der Waals surface area contributed by atoms with Crippen LogP contribution in [0.1, 0.15) is 46.8 Å². The maximum atomic E-state index is 13.0. The van der Waals surface area contributed by atoms with Crippen LogP contribution in [0.2, 0.25) is 5.02 Å². The zero-order chi connectivity index (χ0) is 22.8. The number of benzene rings is 3. The number of carbonyl (C=O) groups excluding carboxylic acids is 1. The van der Waals surface area contributed by atoms with E-state index in [9.17, 15) is 13.2 Å². The molecule has 1 amide bonds. The van der Waals surface area contributed by atoms with Crippen molar-refractivity contribution in [3.63, 3.8) is 0 Å². The Morgan fingerprint density at radius 3 is 2.32 bits per heavy atom. The number of anilines is 2. The fourth-order valence-electron chi connectivity index (χ4n) is 3.29. The molecule has 0 aliphatic carbocycles. The zero-order valence-electron chi connectivity index (χ0n) is 17.9. The van der Waals surface area contributed by atoms with E-state index in [2.05, 4.69) is 10.0 Å². The van der Waals surface area contributed by atoms with Crippen LogP contribution in [0.15, 0.2) is 65.6 Å². The Morgan fingerprint density at radius 2 is 1.65 bits per heavy atom. The third-order valence-corrected chi connectivity index (χ3v) is 6.79. The highest BCUT2D eigenvalue weighted by atomic mass is 35.5. The van der Waals surface area contributed by atoms with Gasteiger partial charge in [0.25, 0.3) is 15.9 Å². The average Bonchev–Trinajstić information content (AvgIpc) is 2.70. The van der Waals surface area contributed by atoms with E-state index in [1.807, 2.05) is 64.1 Å². The standard InChI is InChI=1S/C24H25ClN2O3S/c1-15(2)19-7-5-6-8-22(19)26-24(28)18-10-11-20(25)23(14-18)31(29,30)27-21-12-9-16(3)13-17(21)4/h5-15,27H,1-4H3,(H,26,28). The molecular weight excluding hydrogens is 432 g/mol. The first-order valence-corrected chi connectivity index (χ1v) is 11.7. The lowest BCUT2D eigenvalue weighted by Gasteiger charge is -2.15. The second-order valence-corrected chi connectivity index (χ2v) is 9.82. The fourth-order valence-corrected chi connectivity index (χ4v) is 4.94. The van der Waals surface area contributed by atoms with Crippen molar-refractivity contribution in [1.82, 2.24) is 0 Å². The van der Waals surface area contributed by atoms with Gasteiger partial charge in [-0.3, -0.25) is 9.52 Å². The van der Waals surface area contributed by atoms with Crippen LogP contribution >= 0.6 is 11.6 Å². The van der Waals surface area contributed by atoms with Gasteiger partial charge in [0, 0.05) is 11.3 Å². The number of para-hydroxylation sites is 1. The molecule has 0 unspecified atom stereocenters. The Kier molecular flexibility index (Phi) is 6.72. The molecule has 0 saturated heterocycles. The molecule has 0 fully saturated rings. The zero-order valence-corrected chi connectivity index (χ0v) is 19.4. The molecule has 5 nitrogen and oxygen atoms in total. The summed E-state index contributed by atoms with van der Waals surface area (Å²) in [6, 6.07) is 17.2. The second-order valence-electron chi connectivity index (χ2n) is 7.77. The van der Waals surface area contributed by atoms with Crippen LogP contribution < -0.4 is 10.0 Å². The van der Waals surface area contributed by atoms with Crippen LogP contribution in [0.25, 0.3) is 0 Å². The predicted molar refractivity (Wildman–Crippen MR) is 127 cm³/mol. The second kappa shape index (κ2) is 9.12. The summed E-state index contributed by atoms with van der Waals surface area (Å²) in [7, 11) is -3.99. The van der Waals surface area contributed by atoms with Crippen molar-refractivity contribution >= 4 is 38.9 Å². The summed E-state index contributed by atoms with van der Waals surface area (Å²) in [6.45, 7) is 7.83. The van der Waals surface area contributed by atoms with Crippen molar-refractivity contribution in [2.24, 2.45) is 0 Å². The maximum Gasteiger partial charge on any atom is 0.263 e. The molecule has 0 radical (unpaired) electrons. The highest BCUT2D eigenvalue weighted by Gasteiger charge is 2.21. The summed E-state index contributed by atoms with van der Waals surface area (Å²) in [5.41, 5.74) is 4.16. The Balaban J connectivity index is 1.92. The molecule has 0 saturated carbocycles. The Bertz CT molecular complexity index is 1240. The molecule has 0 aromatic heterocycles. The number of rotatable bonds is 6. The number of halogens is 1. The normalized spacial score (nSPS) is 11.4.